The summed E-state index contributed by atoms with van der Waals surface area (Å²) in [5.41, 5.74) is 1.36. The van der Waals surface area contributed by atoms with E-state index >= 15 is 0 Å². The van der Waals surface area contributed by atoms with Gasteiger partial charge in [0.15, 0.2) is 0 Å². The first-order valence-corrected chi connectivity index (χ1v) is 15.6. The van der Waals surface area contributed by atoms with Crippen molar-refractivity contribution in [2.45, 2.75) is 56.9 Å². The maximum atomic E-state index is 13.7. The van der Waals surface area contributed by atoms with Crippen LogP contribution in [0.25, 0.3) is 0 Å². The highest BCUT2D eigenvalue weighted by Crippen LogP contribution is 2.32. The Labute approximate surface area is 253 Å². The summed E-state index contributed by atoms with van der Waals surface area (Å²) in [6.45, 7) is 11.1. The zero-order valence-corrected chi connectivity index (χ0v) is 26.9. The molecule has 0 bridgehead atoms. The van der Waals surface area contributed by atoms with Crippen LogP contribution < -0.4 is 4.74 Å². The molecule has 230 valence electrons. The monoisotopic (exact) mass is 622 g/mol. The summed E-state index contributed by atoms with van der Waals surface area (Å²) in [6.07, 6.45) is 5.03. The van der Waals surface area contributed by atoms with E-state index in [-0.39, 0.29) is 50.0 Å². The number of aryl methyl sites for hydroxylation is 2. The van der Waals surface area contributed by atoms with E-state index in [9.17, 15) is 13.2 Å². The fourth-order valence-electron chi connectivity index (χ4n) is 6.17. The Morgan fingerprint density at radius 2 is 1.55 bits per heavy atom. The van der Waals surface area contributed by atoms with E-state index in [1.54, 1.807) is 23.5 Å². The number of nitrogens with zero attached hydrogens (tertiary/aromatic N) is 4. The average Bonchev–Trinajstić information content (AvgIpc) is 2.90. The van der Waals surface area contributed by atoms with Gasteiger partial charge in [0.05, 0.1) is 18.6 Å². The highest BCUT2D eigenvalue weighted by Gasteiger charge is 2.36. The van der Waals surface area contributed by atoms with Crippen molar-refractivity contribution in [2.24, 2.45) is 5.92 Å². The van der Waals surface area contributed by atoms with Crippen molar-refractivity contribution in [3.8, 4) is 5.75 Å². The number of likely N-dealkylation sites (tertiary alicyclic amines) is 1. The first-order chi connectivity index (χ1) is 18.2. The Morgan fingerprint density at radius 3 is 2.15 bits per heavy atom. The topological polar surface area (TPSA) is 82.6 Å². The molecule has 1 amide bonds. The number of amides is 1. The number of carbonyl (C=O) groups excluding carboxylic acids is 1. The van der Waals surface area contributed by atoms with Crippen LogP contribution in [0.15, 0.2) is 17.0 Å². The fraction of sp³-hybridized carbons (Fsp3) is 0.750. The number of rotatable bonds is 9. The quantitative estimate of drug-likeness (QED) is 0.418. The van der Waals surface area contributed by atoms with E-state index in [0.29, 0.717) is 28.3 Å². The minimum atomic E-state index is -3.70. The molecule has 0 radical (unpaired) electrons. The van der Waals surface area contributed by atoms with Crippen LogP contribution in [0.2, 0.25) is 0 Å². The number of carbonyl (C=O) groups is 1. The van der Waals surface area contributed by atoms with Gasteiger partial charge >= 0.3 is 0 Å². The van der Waals surface area contributed by atoms with Crippen molar-refractivity contribution in [2.75, 3.05) is 79.7 Å². The third-order valence-electron chi connectivity index (χ3n) is 8.42. The number of halogens is 2. The van der Waals surface area contributed by atoms with Crippen molar-refractivity contribution in [3.63, 3.8) is 0 Å². The number of hydrogen-bond donors (Lipinski definition) is 0. The van der Waals surface area contributed by atoms with E-state index in [2.05, 4.69) is 16.8 Å². The maximum Gasteiger partial charge on any atom is 0.248 e. The normalized spacial score (nSPS) is 21.9. The molecule has 0 aromatic heterocycles. The van der Waals surface area contributed by atoms with Crippen molar-refractivity contribution in [1.29, 1.82) is 0 Å². The summed E-state index contributed by atoms with van der Waals surface area (Å²) >= 11 is 0. The molecule has 3 aliphatic heterocycles. The fourth-order valence-corrected chi connectivity index (χ4v) is 8.27. The molecule has 0 saturated carbocycles. The van der Waals surface area contributed by atoms with Gasteiger partial charge in [-0.1, -0.05) is 6.42 Å². The van der Waals surface area contributed by atoms with Crippen molar-refractivity contribution < 1.29 is 22.7 Å². The SMILES string of the molecule is COc1cc(C)c(S(=O)(=O)N2CCCCC2COCC(=O)N2CCN(CC3CCN(C)CC3)CC2)c(C)c1.Cl.Cl. The molecule has 1 unspecified atom stereocenters. The van der Waals surface area contributed by atoms with Crippen LogP contribution in [0.1, 0.15) is 43.2 Å². The van der Waals surface area contributed by atoms with Gasteiger partial charge in [-0.05, 0) is 88.8 Å². The van der Waals surface area contributed by atoms with Crippen LogP contribution in [-0.2, 0) is 19.6 Å². The van der Waals surface area contributed by atoms with Crippen LogP contribution in [0.3, 0.4) is 0 Å². The number of piperidine rings is 2. The lowest BCUT2D eigenvalue weighted by atomic mass is 9.96. The zero-order valence-electron chi connectivity index (χ0n) is 24.5. The summed E-state index contributed by atoms with van der Waals surface area (Å²) in [5.74, 6) is 1.41. The van der Waals surface area contributed by atoms with Gasteiger partial charge in [0.25, 0.3) is 0 Å². The molecule has 3 fully saturated rings. The molecule has 3 heterocycles. The lowest BCUT2D eigenvalue weighted by Gasteiger charge is -2.38. The van der Waals surface area contributed by atoms with Gasteiger partial charge in [0.1, 0.15) is 12.4 Å². The Bertz CT molecular complexity index is 1040. The molecule has 4 rings (SSSR count). The highest BCUT2D eigenvalue weighted by atomic mass is 35.5. The summed E-state index contributed by atoms with van der Waals surface area (Å²) in [6, 6.07) is 3.26. The van der Waals surface area contributed by atoms with E-state index < -0.39 is 10.0 Å². The molecule has 40 heavy (non-hydrogen) atoms. The summed E-state index contributed by atoms with van der Waals surface area (Å²) in [7, 11) is 0.0761. The third kappa shape index (κ3) is 8.69. The van der Waals surface area contributed by atoms with Gasteiger partial charge in [0, 0.05) is 45.3 Å². The molecular weight excluding hydrogens is 575 g/mol. The van der Waals surface area contributed by atoms with Gasteiger partial charge in [-0.2, -0.15) is 4.31 Å². The summed E-state index contributed by atoms with van der Waals surface area (Å²) in [5, 5.41) is 0. The first-order valence-electron chi connectivity index (χ1n) is 14.1. The largest absolute Gasteiger partial charge is 0.497 e. The van der Waals surface area contributed by atoms with Crippen LogP contribution in [0.5, 0.6) is 5.75 Å². The van der Waals surface area contributed by atoms with Gasteiger partial charge in [-0.25, -0.2) is 8.42 Å². The Morgan fingerprint density at radius 1 is 0.925 bits per heavy atom. The molecular formula is C28H48Cl2N4O5S. The lowest BCUT2D eigenvalue weighted by Crippen LogP contribution is -2.51. The Balaban J connectivity index is 0.00000280. The number of sulfonamides is 1. The number of benzene rings is 1. The third-order valence-corrected chi connectivity index (χ3v) is 10.7. The van der Waals surface area contributed by atoms with Gasteiger partial charge < -0.3 is 19.3 Å². The van der Waals surface area contributed by atoms with Gasteiger partial charge in [-0.15, -0.1) is 24.8 Å². The minimum absolute atomic E-state index is 0. The summed E-state index contributed by atoms with van der Waals surface area (Å²) in [4.78, 5) is 20.0. The average molecular weight is 624 g/mol. The second-order valence-corrected chi connectivity index (χ2v) is 13.1. The van der Waals surface area contributed by atoms with Crippen LogP contribution in [0, 0.1) is 19.8 Å². The van der Waals surface area contributed by atoms with E-state index in [0.717, 1.165) is 57.9 Å². The van der Waals surface area contributed by atoms with Crippen LogP contribution in [0.4, 0.5) is 0 Å². The van der Waals surface area contributed by atoms with Crippen molar-refractivity contribution >= 4 is 40.7 Å². The van der Waals surface area contributed by atoms with Crippen LogP contribution >= 0.6 is 24.8 Å². The molecule has 1 aromatic carbocycles. The molecule has 9 nitrogen and oxygen atoms in total. The van der Waals surface area contributed by atoms with Crippen molar-refractivity contribution in [1.82, 2.24) is 19.0 Å². The highest BCUT2D eigenvalue weighted by molar-refractivity contribution is 7.89. The standard InChI is InChI=1S/C28H46N4O5S.2ClH/c1-22-17-26(36-4)18-23(2)28(22)38(34,35)32-10-6-5-7-25(32)20-37-21-27(33)31-15-13-30(14-16-31)19-24-8-11-29(3)12-9-24;;/h17-18,24-25H,5-16,19-21H2,1-4H3;2*1H. The molecule has 1 aromatic rings. The second-order valence-electron chi connectivity index (χ2n) is 11.3. The van der Waals surface area contributed by atoms with E-state index in [4.69, 9.17) is 9.47 Å². The predicted octanol–water partition coefficient (Wildman–Crippen LogP) is 3.20. The lowest BCUT2D eigenvalue weighted by molar-refractivity contribution is -0.138. The van der Waals surface area contributed by atoms with Gasteiger partial charge in [-0.3, -0.25) is 9.69 Å². The molecule has 0 aliphatic carbocycles. The smallest absolute Gasteiger partial charge is 0.248 e. The van der Waals surface area contributed by atoms with E-state index in [1.807, 2.05) is 18.7 Å². The van der Waals surface area contributed by atoms with E-state index in [1.165, 1.54) is 25.9 Å². The molecule has 0 N–H and O–H groups in total. The number of ether oxygens (including phenoxy) is 2. The van der Waals surface area contributed by atoms with Crippen molar-refractivity contribution in [3.05, 3.63) is 23.3 Å². The second kappa shape index (κ2) is 15.9. The number of hydrogen-bond acceptors (Lipinski definition) is 7. The number of piperazine rings is 1. The van der Waals surface area contributed by atoms with Crippen LogP contribution in [-0.4, -0.2) is 119 Å². The first kappa shape index (κ1) is 35.1. The summed E-state index contributed by atoms with van der Waals surface area (Å²) < 4.78 is 40.2. The molecule has 3 aliphatic rings. The molecule has 0 spiro atoms. The Kier molecular flexibility index (Phi) is 13.9. The minimum Gasteiger partial charge on any atom is -0.497 e. The predicted molar refractivity (Wildman–Crippen MR) is 163 cm³/mol. The van der Waals surface area contributed by atoms with Gasteiger partial charge in [0.2, 0.25) is 15.9 Å². The molecule has 12 heteroatoms. The maximum absolute atomic E-state index is 13.7. The number of methoxy groups -OCH3 is 1. The zero-order chi connectivity index (χ0) is 27.3. The molecule has 1 atom stereocenters. The molecule has 3 saturated heterocycles. The Hall–Kier alpha value is -1.14.